The van der Waals surface area contributed by atoms with Crippen molar-refractivity contribution in [3.63, 3.8) is 0 Å². The molecule has 0 aliphatic heterocycles. The SMILES string of the molecule is CCCN(CC(F)F)C(=O)c1cnn(-c2ccc(F)cc2)c1-n1cccc1. The number of hydrogen-bond acceptors (Lipinski definition) is 2. The largest absolute Gasteiger partial charge is 0.333 e. The zero-order valence-corrected chi connectivity index (χ0v) is 14.7. The van der Waals surface area contributed by atoms with E-state index in [4.69, 9.17) is 0 Å². The van der Waals surface area contributed by atoms with Crippen LogP contribution in [0.4, 0.5) is 13.2 Å². The minimum absolute atomic E-state index is 0.199. The van der Waals surface area contributed by atoms with E-state index in [1.54, 1.807) is 29.1 Å². The predicted molar refractivity (Wildman–Crippen MR) is 95.0 cm³/mol. The maximum Gasteiger partial charge on any atom is 0.259 e. The van der Waals surface area contributed by atoms with Crippen molar-refractivity contribution in [2.75, 3.05) is 13.1 Å². The third kappa shape index (κ3) is 4.05. The summed E-state index contributed by atoms with van der Waals surface area (Å²) in [4.78, 5) is 14.1. The van der Waals surface area contributed by atoms with Gasteiger partial charge in [-0.1, -0.05) is 6.92 Å². The van der Waals surface area contributed by atoms with Gasteiger partial charge in [-0.25, -0.2) is 17.9 Å². The number of hydrogen-bond donors (Lipinski definition) is 0. The Labute approximate surface area is 154 Å². The molecule has 142 valence electrons. The van der Waals surface area contributed by atoms with Gasteiger partial charge in [-0.05, 0) is 42.8 Å². The van der Waals surface area contributed by atoms with Crippen molar-refractivity contribution < 1.29 is 18.0 Å². The van der Waals surface area contributed by atoms with Gasteiger partial charge in [0.25, 0.3) is 12.3 Å². The van der Waals surface area contributed by atoms with Gasteiger partial charge in [0.2, 0.25) is 0 Å². The van der Waals surface area contributed by atoms with Crippen LogP contribution in [0, 0.1) is 5.82 Å². The standard InChI is InChI=1S/C19H19F3N4O/c1-2-9-25(13-17(21)22)19(27)16-12-23-26(15-7-5-14(20)6-8-15)18(16)24-10-3-4-11-24/h3-8,10-12,17H,2,9,13H2,1H3. The average molecular weight is 376 g/mol. The molecule has 0 bridgehead atoms. The second-order valence-corrected chi connectivity index (χ2v) is 6.00. The van der Waals surface area contributed by atoms with E-state index >= 15 is 0 Å². The first-order valence-electron chi connectivity index (χ1n) is 8.56. The van der Waals surface area contributed by atoms with Crippen LogP contribution in [0.15, 0.2) is 55.0 Å². The van der Waals surface area contributed by atoms with E-state index in [0.717, 1.165) is 4.90 Å². The number of aromatic nitrogens is 3. The van der Waals surface area contributed by atoms with E-state index in [9.17, 15) is 18.0 Å². The van der Waals surface area contributed by atoms with Gasteiger partial charge < -0.3 is 9.47 Å². The van der Waals surface area contributed by atoms with Crippen LogP contribution in [0.1, 0.15) is 23.7 Å². The van der Waals surface area contributed by atoms with Gasteiger partial charge >= 0.3 is 0 Å². The van der Waals surface area contributed by atoms with Crippen LogP contribution in [0.2, 0.25) is 0 Å². The minimum Gasteiger partial charge on any atom is -0.333 e. The van der Waals surface area contributed by atoms with E-state index < -0.39 is 24.7 Å². The molecule has 0 saturated heterocycles. The molecule has 1 aromatic carbocycles. The Kier molecular flexibility index (Phi) is 5.63. The lowest BCUT2D eigenvalue weighted by Crippen LogP contribution is -2.36. The number of halogens is 3. The maximum atomic E-state index is 13.3. The lowest BCUT2D eigenvalue weighted by atomic mass is 10.2. The van der Waals surface area contributed by atoms with Crippen LogP contribution in [0.3, 0.4) is 0 Å². The van der Waals surface area contributed by atoms with Gasteiger partial charge in [0, 0.05) is 18.9 Å². The Hall–Kier alpha value is -3.03. The monoisotopic (exact) mass is 376 g/mol. The van der Waals surface area contributed by atoms with Crippen molar-refractivity contribution in [1.29, 1.82) is 0 Å². The highest BCUT2D eigenvalue weighted by atomic mass is 19.3. The van der Waals surface area contributed by atoms with Crippen LogP contribution >= 0.6 is 0 Å². The van der Waals surface area contributed by atoms with Crippen molar-refractivity contribution in [3.05, 3.63) is 66.4 Å². The predicted octanol–water partition coefficient (Wildman–Crippen LogP) is 3.92. The molecule has 2 aromatic heterocycles. The molecule has 0 radical (unpaired) electrons. The van der Waals surface area contributed by atoms with Crippen LogP contribution in [-0.4, -0.2) is 44.7 Å². The number of amides is 1. The van der Waals surface area contributed by atoms with Crippen LogP contribution in [-0.2, 0) is 0 Å². The van der Waals surface area contributed by atoms with E-state index in [-0.39, 0.29) is 12.1 Å². The van der Waals surface area contributed by atoms with Gasteiger partial charge in [-0.2, -0.15) is 5.10 Å². The molecular weight excluding hydrogens is 357 g/mol. The molecule has 0 atom stereocenters. The van der Waals surface area contributed by atoms with Crippen molar-refractivity contribution >= 4 is 5.91 Å². The van der Waals surface area contributed by atoms with E-state index in [0.29, 0.717) is 17.9 Å². The summed E-state index contributed by atoms with van der Waals surface area (Å²) in [5.41, 5.74) is 0.750. The second-order valence-electron chi connectivity index (χ2n) is 6.00. The third-order valence-corrected chi connectivity index (χ3v) is 4.03. The van der Waals surface area contributed by atoms with E-state index in [1.165, 1.54) is 35.1 Å². The van der Waals surface area contributed by atoms with Crippen LogP contribution in [0.5, 0.6) is 0 Å². The molecule has 27 heavy (non-hydrogen) atoms. The molecule has 5 nitrogen and oxygen atoms in total. The zero-order valence-electron chi connectivity index (χ0n) is 14.7. The van der Waals surface area contributed by atoms with Gasteiger partial charge in [0.15, 0.2) is 5.82 Å². The normalized spacial score (nSPS) is 11.1. The summed E-state index contributed by atoms with van der Waals surface area (Å²) >= 11 is 0. The van der Waals surface area contributed by atoms with Crippen molar-refractivity contribution in [2.24, 2.45) is 0 Å². The molecule has 0 aliphatic rings. The first-order valence-corrected chi connectivity index (χ1v) is 8.56. The van der Waals surface area contributed by atoms with E-state index in [2.05, 4.69) is 5.10 Å². The summed E-state index contributed by atoms with van der Waals surface area (Å²) in [5, 5.41) is 4.25. The van der Waals surface area contributed by atoms with Gasteiger partial charge in [0.1, 0.15) is 11.4 Å². The number of alkyl halides is 2. The highest BCUT2D eigenvalue weighted by Gasteiger charge is 2.25. The molecule has 2 heterocycles. The summed E-state index contributed by atoms with van der Waals surface area (Å²) in [6, 6.07) is 9.20. The van der Waals surface area contributed by atoms with E-state index in [1.807, 2.05) is 6.92 Å². The number of carbonyl (C=O) groups excluding carboxylic acids is 1. The smallest absolute Gasteiger partial charge is 0.259 e. The van der Waals surface area contributed by atoms with Crippen LogP contribution < -0.4 is 0 Å². The van der Waals surface area contributed by atoms with Crippen molar-refractivity contribution in [3.8, 4) is 11.5 Å². The first-order chi connectivity index (χ1) is 13.0. The second kappa shape index (κ2) is 8.11. The number of benzene rings is 1. The Balaban J connectivity index is 2.08. The fourth-order valence-electron chi connectivity index (χ4n) is 2.87. The first kappa shape index (κ1) is 18.8. The quantitative estimate of drug-likeness (QED) is 0.627. The fourth-order valence-corrected chi connectivity index (χ4v) is 2.87. The Morgan fingerprint density at radius 1 is 1.19 bits per heavy atom. The lowest BCUT2D eigenvalue weighted by Gasteiger charge is -2.22. The number of rotatable bonds is 7. The van der Waals surface area contributed by atoms with Crippen molar-refractivity contribution in [1.82, 2.24) is 19.2 Å². The highest BCUT2D eigenvalue weighted by molar-refractivity contribution is 5.97. The summed E-state index contributed by atoms with van der Waals surface area (Å²) in [7, 11) is 0. The van der Waals surface area contributed by atoms with Gasteiger partial charge in [-0.3, -0.25) is 4.79 Å². The molecule has 3 rings (SSSR count). The number of nitrogens with zero attached hydrogens (tertiary/aromatic N) is 4. The zero-order chi connectivity index (χ0) is 19.4. The Morgan fingerprint density at radius 2 is 1.85 bits per heavy atom. The Morgan fingerprint density at radius 3 is 2.44 bits per heavy atom. The fraction of sp³-hybridized carbons (Fsp3) is 0.263. The van der Waals surface area contributed by atoms with Gasteiger partial charge in [0.05, 0.1) is 18.4 Å². The molecule has 0 saturated carbocycles. The molecule has 1 amide bonds. The summed E-state index contributed by atoms with van der Waals surface area (Å²) in [5.74, 6) is -0.503. The molecule has 8 heteroatoms. The molecule has 0 fully saturated rings. The average Bonchev–Trinajstić information content (AvgIpc) is 3.30. The number of carbonyl (C=O) groups is 1. The topological polar surface area (TPSA) is 43.1 Å². The summed E-state index contributed by atoms with van der Waals surface area (Å²) < 4.78 is 42.2. The lowest BCUT2D eigenvalue weighted by molar-refractivity contribution is 0.0555. The Bertz CT molecular complexity index is 888. The molecule has 0 unspecified atom stereocenters. The van der Waals surface area contributed by atoms with Gasteiger partial charge in [-0.15, -0.1) is 0 Å². The minimum atomic E-state index is -2.62. The molecule has 0 aliphatic carbocycles. The van der Waals surface area contributed by atoms with Crippen LogP contribution in [0.25, 0.3) is 11.5 Å². The molecule has 0 spiro atoms. The molecular formula is C19H19F3N4O. The third-order valence-electron chi connectivity index (χ3n) is 4.03. The summed E-state index contributed by atoms with van der Waals surface area (Å²) in [6.07, 6.45) is 2.75. The molecule has 0 N–H and O–H groups in total. The molecule has 3 aromatic rings. The summed E-state index contributed by atoms with van der Waals surface area (Å²) in [6.45, 7) is 1.40. The van der Waals surface area contributed by atoms with Crippen molar-refractivity contribution in [2.45, 2.75) is 19.8 Å². The highest BCUT2D eigenvalue weighted by Crippen LogP contribution is 2.22. The maximum absolute atomic E-state index is 13.3.